The van der Waals surface area contributed by atoms with Crippen molar-refractivity contribution < 1.29 is 17.2 Å². The van der Waals surface area contributed by atoms with Crippen LogP contribution in [0.5, 0.6) is 0 Å². The van der Waals surface area contributed by atoms with Crippen LogP contribution in [0.1, 0.15) is 12.7 Å². The van der Waals surface area contributed by atoms with Gasteiger partial charge in [0.25, 0.3) is 0 Å². The number of nitrogens with one attached hydrogen (secondary N) is 1. The summed E-state index contributed by atoms with van der Waals surface area (Å²) in [5.41, 5.74) is 0.690. The zero-order valence-electron chi connectivity index (χ0n) is 18.0. The fraction of sp³-hybridized carbons (Fsp3) is 0.217. The van der Waals surface area contributed by atoms with Crippen LogP contribution in [0.25, 0.3) is 16.9 Å². The van der Waals surface area contributed by atoms with Gasteiger partial charge in [-0.25, -0.2) is 13.1 Å². The minimum absolute atomic E-state index is 0.0540. The van der Waals surface area contributed by atoms with E-state index in [0.29, 0.717) is 11.3 Å². The number of rotatable bonds is 6. The van der Waals surface area contributed by atoms with Crippen molar-refractivity contribution in [2.45, 2.75) is 23.8 Å². The van der Waals surface area contributed by atoms with E-state index >= 15 is 8.78 Å². The van der Waals surface area contributed by atoms with E-state index in [1.165, 1.54) is 30.4 Å². The van der Waals surface area contributed by atoms with Gasteiger partial charge in [-0.15, -0.1) is 10.2 Å². The van der Waals surface area contributed by atoms with E-state index in [4.69, 9.17) is 0 Å². The third-order valence-corrected chi connectivity index (χ3v) is 7.14. The number of aliphatic imine (C=N–C) groups is 1. The quantitative estimate of drug-likeness (QED) is 0.581. The summed E-state index contributed by atoms with van der Waals surface area (Å²) < 4.78 is 59.3. The zero-order chi connectivity index (χ0) is 23.9. The van der Waals surface area contributed by atoms with Crippen LogP contribution >= 0.6 is 0 Å². The molecule has 0 saturated heterocycles. The number of benzene rings is 1. The minimum Gasteiger partial charge on any atom is -0.285 e. The molecule has 0 bridgehead atoms. The lowest BCUT2D eigenvalue weighted by Gasteiger charge is -2.25. The number of fused-ring (bicyclic) bond motifs is 2. The fourth-order valence-electron chi connectivity index (χ4n) is 3.91. The summed E-state index contributed by atoms with van der Waals surface area (Å²) in [6.45, 7) is 1.92. The smallest absolute Gasteiger partial charge is 0.285 e. The molecule has 34 heavy (non-hydrogen) atoms. The zero-order valence-corrected chi connectivity index (χ0v) is 18.8. The highest BCUT2D eigenvalue weighted by molar-refractivity contribution is 7.89. The molecule has 1 aliphatic heterocycles. The number of hydrogen-bond acceptors (Lipinski definition) is 6. The highest BCUT2D eigenvalue weighted by Crippen LogP contribution is 2.39. The van der Waals surface area contributed by atoms with Crippen LogP contribution in [-0.2, 0) is 15.9 Å². The van der Waals surface area contributed by atoms with Crippen LogP contribution in [0.3, 0.4) is 0 Å². The van der Waals surface area contributed by atoms with Gasteiger partial charge < -0.3 is 0 Å². The number of hydrogen-bond donors (Lipinski definition) is 1. The van der Waals surface area contributed by atoms with Gasteiger partial charge in [-0.2, -0.15) is 18.4 Å². The van der Waals surface area contributed by atoms with Crippen molar-refractivity contribution in [1.29, 1.82) is 0 Å². The number of halogens is 2. The molecule has 5 rings (SSSR count). The van der Waals surface area contributed by atoms with Gasteiger partial charge in [0.05, 0.1) is 16.6 Å². The monoisotopic (exact) mass is 482 g/mol. The van der Waals surface area contributed by atoms with E-state index in [1.807, 2.05) is 6.08 Å². The molecule has 8 nitrogen and oxygen atoms in total. The molecule has 0 amide bonds. The molecule has 0 fully saturated rings. The largest absolute Gasteiger partial charge is 0.333 e. The Bertz CT molecular complexity index is 1490. The fourth-order valence-corrected chi connectivity index (χ4v) is 5.00. The van der Waals surface area contributed by atoms with Gasteiger partial charge >= 0.3 is 5.92 Å². The Balaban J connectivity index is 1.55. The summed E-state index contributed by atoms with van der Waals surface area (Å²) >= 11 is 0. The molecule has 2 atom stereocenters. The number of aromatic nitrogens is 4. The van der Waals surface area contributed by atoms with Crippen molar-refractivity contribution >= 4 is 21.9 Å². The molecular formula is C23H20F2N6O2S. The third kappa shape index (κ3) is 3.86. The summed E-state index contributed by atoms with van der Waals surface area (Å²) in [6, 6.07) is 9.02. The molecule has 11 heteroatoms. The van der Waals surface area contributed by atoms with Crippen LogP contribution in [0, 0.1) is 5.92 Å². The van der Waals surface area contributed by atoms with E-state index < -0.39 is 21.8 Å². The summed E-state index contributed by atoms with van der Waals surface area (Å²) in [4.78, 5) is 4.33. The average molecular weight is 483 g/mol. The Hall–Kier alpha value is -3.57. The Kier molecular flexibility index (Phi) is 5.45. The molecule has 2 unspecified atom stereocenters. The van der Waals surface area contributed by atoms with Crippen LogP contribution < -0.4 is 4.72 Å². The number of alkyl halides is 2. The highest BCUT2D eigenvalue weighted by Gasteiger charge is 2.42. The number of sulfonamides is 1. The van der Waals surface area contributed by atoms with Crippen molar-refractivity contribution in [2.75, 3.05) is 6.54 Å². The number of nitrogens with zero attached hydrogens (tertiary/aromatic N) is 5. The van der Waals surface area contributed by atoms with E-state index in [2.05, 4.69) is 25.0 Å². The predicted molar refractivity (Wildman–Crippen MR) is 123 cm³/mol. The van der Waals surface area contributed by atoms with Crippen molar-refractivity contribution in [2.24, 2.45) is 10.9 Å². The van der Waals surface area contributed by atoms with E-state index in [0.717, 1.165) is 4.52 Å². The molecule has 0 saturated carbocycles. The molecule has 0 spiro atoms. The Morgan fingerprint density at radius 3 is 2.82 bits per heavy atom. The van der Waals surface area contributed by atoms with E-state index in [9.17, 15) is 8.42 Å². The minimum atomic E-state index is -3.69. The maximum absolute atomic E-state index is 15.6. The summed E-state index contributed by atoms with van der Waals surface area (Å²) in [7, 11) is -3.69. The second kappa shape index (κ2) is 8.33. The topological polar surface area (TPSA) is 102 Å². The van der Waals surface area contributed by atoms with E-state index in [1.54, 1.807) is 43.5 Å². The first-order valence-electron chi connectivity index (χ1n) is 10.6. The van der Waals surface area contributed by atoms with Gasteiger partial charge in [-0.1, -0.05) is 43.4 Å². The maximum Gasteiger partial charge on any atom is 0.333 e. The number of dihydropyridines is 1. The van der Waals surface area contributed by atoms with Gasteiger partial charge in [-0.05, 0) is 30.3 Å². The molecule has 3 aromatic rings. The Morgan fingerprint density at radius 1 is 1.15 bits per heavy atom. The van der Waals surface area contributed by atoms with Crippen molar-refractivity contribution in [1.82, 2.24) is 24.5 Å². The molecule has 174 valence electrons. The molecular weight excluding hydrogens is 462 g/mol. The summed E-state index contributed by atoms with van der Waals surface area (Å²) in [6.07, 6.45) is 9.70. The van der Waals surface area contributed by atoms with E-state index in [-0.39, 0.29) is 34.6 Å². The summed E-state index contributed by atoms with van der Waals surface area (Å²) in [5.74, 6) is -4.35. The SMILES string of the molecule is CCNS(=O)(=O)c1cccc(-c2ccc3nnc(C(F)(F)C4=CC5C=CC=NC5C=C4)n3n2)c1. The van der Waals surface area contributed by atoms with Crippen LogP contribution in [0.2, 0.25) is 0 Å². The van der Waals surface area contributed by atoms with Crippen LogP contribution in [0.15, 0.2) is 82.2 Å². The maximum atomic E-state index is 15.6. The van der Waals surface area contributed by atoms with Crippen molar-refractivity contribution in [3.63, 3.8) is 0 Å². The Morgan fingerprint density at radius 2 is 2.00 bits per heavy atom. The van der Waals surface area contributed by atoms with Crippen molar-refractivity contribution in [3.05, 3.63) is 78.2 Å². The predicted octanol–water partition coefficient (Wildman–Crippen LogP) is 3.30. The molecule has 1 N–H and O–H groups in total. The third-order valence-electron chi connectivity index (χ3n) is 5.60. The Labute approximate surface area is 194 Å². The molecule has 1 aromatic carbocycles. The van der Waals surface area contributed by atoms with Gasteiger partial charge in [-0.3, -0.25) is 4.99 Å². The van der Waals surface area contributed by atoms with Crippen LogP contribution in [-0.4, -0.2) is 47.0 Å². The van der Waals surface area contributed by atoms with Gasteiger partial charge in [0.1, 0.15) is 0 Å². The second-order valence-corrected chi connectivity index (χ2v) is 9.61. The van der Waals surface area contributed by atoms with Gasteiger partial charge in [0, 0.05) is 29.8 Å². The average Bonchev–Trinajstić information content (AvgIpc) is 3.28. The summed E-state index contributed by atoms with van der Waals surface area (Å²) in [5, 5.41) is 11.9. The molecule has 1 aliphatic carbocycles. The standard InChI is InChI=1S/C23H20F2N6O2S/c1-2-27-34(32,33)18-7-3-5-16(14-18)20-10-11-21-28-29-22(31(21)30-20)23(24,25)17-8-9-19-15(13-17)6-4-12-26-19/h3-15,19,27H,2H2,1H3. The van der Waals surface area contributed by atoms with Gasteiger partial charge in [0.15, 0.2) is 5.65 Å². The number of allylic oxidation sites excluding steroid dienone is 3. The highest BCUT2D eigenvalue weighted by atomic mass is 32.2. The normalized spacial score (nSPS) is 19.9. The molecule has 2 aromatic heterocycles. The second-order valence-electron chi connectivity index (χ2n) is 7.85. The van der Waals surface area contributed by atoms with Crippen LogP contribution in [0.4, 0.5) is 8.78 Å². The van der Waals surface area contributed by atoms with Crippen molar-refractivity contribution in [3.8, 4) is 11.3 Å². The molecule has 2 aliphatic rings. The molecule has 3 heterocycles. The lowest BCUT2D eigenvalue weighted by atomic mass is 9.88. The first-order valence-corrected chi connectivity index (χ1v) is 12.1. The first kappa shape index (κ1) is 22.2. The van der Waals surface area contributed by atoms with Gasteiger partial charge in [0.2, 0.25) is 15.8 Å². The molecule has 0 radical (unpaired) electrons. The first-order chi connectivity index (χ1) is 16.3. The lowest BCUT2D eigenvalue weighted by Crippen LogP contribution is -2.26. The lowest BCUT2D eigenvalue weighted by molar-refractivity contribution is 0.0288.